The number of benzene rings is 6. The van der Waals surface area contributed by atoms with E-state index in [4.69, 9.17) is 0 Å². The standard InChI is InChI=1S/C18H17FN2O.C16H10F4N2O.C16H11F3N2O/c1-2-3-12-21-16-7-5-4-6-15(16)20-17(18(21)22)13-8-10-14(19)11-9-13;17-11-7-5-10(6-8-11)14-15(23)22(9-16(18,19)20)13-4-2-1-3-12(13)21-14;1-2-21-14-8-12(19)11(18)7-13(14)20-15(16(21)22)9-3-5-10(17)6-4-9/h4-11H,2-3,12H2,1H3;1-8H,9H2;3-8H,2H2,1H3. The highest BCUT2D eigenvalue weighted by Crippen LogP contribution is 2.24. The van der Waals surface area contributed by atoms with Crippen molar-refractivity contribution in [2.45, 2.75) is 52.5 Å². The highest BCUT2D eigenvalue weighted by molar-refractivity contribution is 5.80. The van der Waals surface area contributed by atoms with Crippen LogP contribution < -0.4 is 16.7 Å². The molecule has 0 aliphatic carbocycles. The molecule has 9 rings (SSSR count). The van der Waals surface area contributed by atoms with Crippen molar-refractivity contribution in [1.82, 2.24) is 28.7 Å². The number of halogens is 8. The van der Waals surface area contributed by atoms with Gasteiger partial charge < -0.3 is 9.13 Å². The van der Waals surface area contributed by atoms with Gasteiger partial charge in [0.15, 0.2) is 11.6 Å². The molecular weight excluding hydrogens is 885 g/mol. The second-order valence-electron chi connectivity index (χ2n) is 15.0. The zero-order chi connectivity index (χ0) is 48.0. The number of fused-ring (bicyclic) bond motifs is 3. The molecule has 0 atom stereocenters. The molecule has 0 unspecified atom stereocenters. The lowest BCUT2D eigenvalue weighted by Crippen LogP contribution is -2.30. The van der Waals surface area contributed by atoms with Crippen LogP contribution in [0.3, 0.4) is 0 Å². The van der Waals surface area contributed by atoms with Crippen molar-refractivity contribution in [2.75, 3.05) is 0 Å². The molecule has 0 radical (unpaired) electrons. The highest BCUT2D eigenvalue weighted by atomic mass is 19.4. The molecule has 0 saturated carbocycles. The van der Waals surface area contributed by atoms with Crippen LogP contribution in [0.5, 0.6) is 0 Å². The average molecular weight is 923 g/mol. The number of unbranched alkanes of at least 4 members (excludes halogenated alkanes) is 1. The summed E-state index contributed by atoms with van der Waals surface area (Å²) in [4.78, 5) is 50.5. The number of nitrogens with zero attached hydrogens (tertiary/aromatic N) is 6. The molecular formula is C50H38F8N6O3. The molecule has 17 heteroatoms. The van der Waals surface area contributed by atoms with Gasteiger partial charge in [0.1, 0.15) is 41.1 Å². The third-order valence-corrected chi connectivity index (χ3v) is 10.4. The van der Waals surface area contributed by atoms with E-state index in [2.05, 4.69) is 21.9 Å². The number of aryl methyl sites for hydroxylation is 2. The molecule has 67 heavy (non-hydrogen) atoms. The van der Waals surface area contributed by atoms with Gasteiger partial charge in [-0.05, 0) is 110 Å². The number of hydrogen-bond donors (Lipinski definition) is 0. The van der Waals surface area contributed by atoms with Gasteiger partial charge in [0.25, 0.3) is 16.7 Å². The van der Waals surface area contributed by atoms with Crippen molar-refractivity contribution in [3.8, 4) is 33.8 Å². The molecule has 0 bridgehead atoms. The Hall–Kier alpha value is -7.82. The van der Waals surface area contributed by atoms with Gasteiger partial charge in [-0.25, -0.2) is 36.9 Å². The highest BCUT2D eigenvalue weighted by Gasteiger charge is 2.30. The number of aromatic nitrogens is 6. The van der Waals surface area contributed by atoms with E-state index in [9.17, 15) is 49.5 Å². The van der Waals surface area contributed by atoms with Gasteiger partial charge in [0.05, 0.1) is 33.1 Å². The van der Waals surface area contributed by atoms with E-state index in [-0.39, 0.29) is 56.9 Å². The predicted molar refractivity (Wildman–Crippen MR) is 241 cm³/mol. The van der Waals surface area contributed by atoms with Gasteiger partial charge in [-0.1, -0.05) is 37.6 Å². The molecule has 9 nitrogen and oxygen atoms in total. The Bertz CT molecular complexity index is 3410. The Kier molecular flexibility index (Phi) is 14.2. The van der Waals surface area contributed by atoms with Crippen LogP contribution >= 0.6 is 0 Å². The van der Waals surface area contributed by atoms with Gasteiger partial charge in [-0.2, -0.15) is 13.2 Å². The normalized spacial score (nSPS) is 11.3. The van der Waals surface area contributed by atoms with E-state index in [1.807, 2.05) is 24.3 Å². The zero-order valence-corrected chi connectivity index (χ0v) is 35.7. The van der Waals surface area contributed by atoms with Crippen molar-refractivity contribution in [3.05, 3.63) is 194 Å². The number of hydrogen-bond acceptors (Lipinski definition) is 6. The molecule has 3 heterocycles. The van der Waals surface area contributed by atoms with E-state index in [0.29, 0.717) is 27.9 Å². The van der Waals surface area contributed by atoms with Gasteiger partial charge in [0, 0.05) is 41.9 Å². The minimum Gasteiger partial charge on any atom is -0.305 e. The van der Waals surface area contributed by atoms with Crippen LogP contribution in [0.15, 0.2) is 148 Å². The lowest BCUT2D eigenvalue weighted by atomic mass is 10.1. The minimum absolute atomic E-state index is 0.0698. The van der Waals surface area contributed by atoms with Crippen LogP contribution in [0.2, 0.25) is 0 Å². The van der Waals surface area contributed by atoms with Crippen LogP contribution in [0.25, 0.3) is 66.9 Å². The fourth-order valence-electron chi connectivity index (χ4n) is 7.20. The summed E-state index contributed by atoms with van der Waals surface area (Å²) >= 11 is 0. The van der Waals surface area contributed by atoms with E-state index < -0.39 is 47.1 Å². The van der Waals surface area contributed by atoms with Crippen molar-refractivity contribution in [1.29, 1.82) is 0 Å². The summed E-state index contributed by atoms with van der Waals surface area (Å²) in [5.74, 6) is -3.34. The molecule has 342 valence electrons. The van der Waals surface area contributed by atoms with Crippen LogP contribution in [-0.4, -0.2) is 34.8 Å². The van der Waals surface area contributed by atoms with Crippen molar-refractivity contribution in [3.63, 3.8) is 0 Å². The van der Waals surface area contributed by atoms with Gasteiger partial charge in [-0.3, -0.25) is 19.0 Å². The molecule has 9 aromatic rings. The van der Waals surface area contributed by atoms with Crippen molar-refractivity contribution < 1.29 is 35.1 Å². The second-order valence-corrected chi connectivity index (χ2v) is 15.0. The fraction of sp³-hybridized carbons (Fsp3) is 0.160. The molecule has 0 N–H and O–H groups in total. The summed E-state index contributed by atoms with van der Waals surface area (Å²) in [5.41, 5.74) is 2.54. The molecule has 0 spiro atoms. The van der Waals surface area contributed by atoms with Gasteiger partial charge in [-0.15, -0.1) is 0 Å². The first-order chi connectivity index (χ1) is 32.1. The van der Waals surface area contributed by atoms with Crippen LogP contribution in [0.4, 0.5) is 35.1 Å². The third kappa shape index (κ3) is 10.7. The van der Waals surface area contributed by atoms with Crippen LogP contribution in [0, 0.1) is 29.1 Å². The first kappa shape index (κ1) is 47.2. The SMILES string of the molecule is CCCCn1c(=O)c(-c2ccc(F)cc2)nc2ccccc21.CCn1c(=O)c(-c2ccc(F)cc2)nc2cc(F)c(F)cc21.O=c1c(-c2ccc(F)cc2)nc2ccccc2n1CC(F)(F)F. The molecule has 0 amide bonds. The quantitative estimate of drug-likeness (QED) is 0.141. The molecule has 0 fully saturated rings. The average Bonchev–Trinajstić information content (AvgIpc) is 3.31. The first-order valence-electron chi connectivity index (χ1n) is 20.8. The van der Waals surface area contributed by atoms with Crippen molar-refractivity contribution in [2.24, 2.45) is 0 Å². The molecule has 0 aliphatic heterocycles. The minimum atomic E-state index is -4.55. The maximum absolute atomic E-state index is 13.4. The Morgan fingerprint density at radius 3 is 1.28 bits per heavy atom. The number of alkyl halides is 3. The lowest BCUT2D eigenvalue weighted by molar-refractivity contribution is -0.140. The smallest absolute Gasteiger partial charge is 0.305 e. The maximum Gasteiger partial charge on any atom is 0.406 e. The largest absolute Gasteiger partial charge is 0.406 e. The summed E-state index contributed by atoms with van der Waals surface area (Å²) in [6.45, 7) is 3.33. The Morgan fingerprint density at radius 2 is 0.851 bits per heavy atom. The Balaban J connectivity index is 0.000000149. The predicted octanol–water partition coefficient (Wildman–Crippen LogP) is 11.3. The topological polar surface area (TPSA) is 105 Å². The Labute approximate surface area is 375 Å². The Morgan fingerprint density at radius 1 is 0.463 bits per heavy atom. The molecule has 0 saturated heterocycles. The van der Waals surface area contributed by atoms with Crippen LogP contribution in [0.1, 0.15) is 26.7 Å². The van der Waals surface area contributed by atoms with E-state index in [0.717, 1.165) is 48.1 Å². The molecule has 0 aliphatic rings. The monoisotopic (exact) mass is 922 g/mol. The van der Waals surface area contributed by atoms with E-state index in [1.165, 1.54) is 71.3 Å². The summed E-state index contributed by atoms with van der Waals surface area (Å²) in [5, 5.41) is 0. The molecule has 3 aromatic heterocycles. The van der Waals surface area contributed by atoms with Crippen LogP contribution in [-0.2, 0) is 19.6 Å². The third-order valence-electron chi connectivity index (χ3n) is 10.4. The summed E-state index contributed by atoms with van der Waals surface area (Å²) in [6.07, 6.45) is -2.61. The first-order valence-corrected chi connectivity index (χ1v) is 20.8. The maximum atomic E-state index is 13.4. The van der Waals surface area contributed by atoms with Crippen molar-refractivity contribution >= 4 is 33.1 Å². The van der Waals surface area contributed by atoms with E-state index >= 15 is 0 Å². The fourth-order valence-corrected chi connectivity index (χ4v) is 7.20. The lowest BCUT2D eigenvalue weighted by Gasteiger charge is -2.14. The summed E-state index contributed by atoms with van der Waals surface area (Å²) < 4.78 is 108. The number of rotatable bonds is 8. The second kappa shape index (κ2) is 20.1. The van der Waals surface area contributed by atoms with Gasteiger partial charge in [0.2, 0.25) is 0 Å². The summed E-state index contributed by atoms with van der Waals surface area (Å²) in [7, 11) is 0. The van der Waals surface area contributed by atoms with E-state index in [1.54, 1.807) is 29.7 Å². The number of para-hydroxylation sites is 4. The van der Waals surface area contributed by atoms with Gasteiger partial charge >= 0.3 is 6.18 Å². The molecule has 6 aromatic carbocycles. The summed E-state index contributed by atoms with van der Waals surface area (Å²) in [6, 6.07) is 31.6. The zero-order valence-electron chi connectivity index (χ0n) is 35.7.